The number of nitrogens with zero attached hydrogens (tertiary/aromatic N) is 1. The Bertz CT molecular complexity index is 523. The van der Waals surface area contributed by atoms with Crippen molar-refractivity contribution in [3.63, 3.8) is 0 Å². The SMILES string of the molecule is COc1ccc(-c2ccncc2CN)cc1C. The number of hydrogen-bond donors (Lipinski definition) is 1. The van der Waals surface area contributed by atoms with Gasteiger partial charge >= 0.3 is 0 Å². The van der Waals surface area contributed by atoms with Crippen molar-refractivity contribution in [1.82, 2.24) is 4.98 Å². The molecule has 0 atom stereocenters. The zero-order chi connectivity index (χ0) is 12.3. The third kappa shape index (κ3) is 2.29. The molecule has 0 saturated carbocycles. The Kier molecular flexibility index (Phi) is 3.40. The second kappa shape index (κ2) is 4.97. The quantitative estimate of drug-likeness (QED) is 0.878. The second-order valence-corrected chi connectivity index (χ2v) is 3.92. The topological polar surface area (TPSA) is 48.1 Å². The van der Waals surface area contributed by atoms with Crippen molar-refractivity contribution in [3.05, 3.63) is 47.8 Å². The second-order valence-electron chi connectivity index (χ2n) is 3.92. The lowest BCUT2D eigenvalue weighted by Crippen LogP contribution is -1.99. The fourth-order valence-corrected chi connectivity index (χ4v) is 1.92. The van der Waals surface area contributed by atoms with Crippen LogP contribution in [0.25, 0.3) is 11.1 Å². The number of methoxy groups -OCH3 is 1. The van der Waals surface area contributed by atoms with Crippen LogP contribution < -0.4 is 10.5 Å². The van der Waals surface area contributed by atoms with E-state index in [2.05, 4.69) is 11.1 Å². The van der Waals surface area contributed by atoms with E-state index in [0.29, 0.717) is 6.54 Å². The summed E-state index contributed by atoms with van der Waals surface area (Å²) in [6.45, 7) is 2.53. The first kappa shape index (κ1) is 11.6. The van der Waals surface area contributed by atoms with Gasteiger partial charge in [0.05, 0.1) is 7.11 Å². The summed E-state index contributed by atoms with van der Waals surface area (Å²) in [5.41, 5.74) is 10.2. The van der Waals surface area contributed by atoms with E-state index in [9.17, 15) is 0 Å². The Labute approximate surface area is 101 Å². The maximum absolute atomic E-state index is 5.72. The molecule has 0 aliphatic heterocycles. The minimum absolute atomic E-state index is 0.494. The number of benzene rings is 1. The zero-order valence-corrected chi connectivity index (χ0v) is 10.1. The van der Waals surface area contributed by atoms with Crippen LogP contribution in [0.2, 0.25) is 0 Å². The number of aromatic nitrogens is 1. The molecule has 1 heterocycles. The summed E-state index contributed by atoms with van der Waals surface area (Å²) in [6, 6.07) is 8.11. The van der Waals surface area contributed by atoms with Crippen LogP contribution in [-0.4, -0.2) is 12.1 Å². The highest BCUT2D eigenvalue weighted by molar-refractivity contribution is 5.68. The van der Waals surface area contributed by atoms with Gasteiger partial charge in [-0.3, -0.25) is 4.98 Å². The van der Waals surface area contributed by atoms with Crippen molar-refractivity contribution in [1.29, 1.82) is 0 Å². The minimum Gasteiger partial charge on any atom is -0.496 e. The summed E-state index contributed by atoms with van der Waals surface area (Å²) in [5, 5.41) is 0. The van der Waals surface area contributed by atoms with Gasteiger partial charge in [-0.2, -0.15) is 0 Å². The van der Waals surface area contributed by atoms with Gasteiger partial charge in [0, 0.05) is 18.9 Å². The van der Waals surface area contributed by atoms with Crippen molar-refractivity contribution >= 4 is 0 Å². The van der Waals surface area contributed by atoms with E-state index in [-0.39, 0.29) is 0 Å². The Morgan fingerprint density at radius 2 is 2.12 bits per heavy atom. The maximum Gasteiger partial charge on any atom is 0.121 e. The maximum atomic E-state index is 5.72. The first-order chi connectivity index (χ1) is 8.26. The average molecular weight is 228 g/mol. The Morgan fingerprint density at radius 1 is 1.29 bits per heavy atom. The highest BCUT2D eigenvalue weighted by Gasteiger charge is 2.06. The monoisotopic (exact) mass is 228 g/mol. The molecule has 3 heteroatoms. The molecule has 88 valence electrons. The van der Waals surface area contributed by atoms with Crippen LogP contribution in [0.3, 0.4) is 0 Å². The van der Waals surface area contributed by atoms with Crippen LogP contribution in [0.1, 0.15) is 11.1 Å². The van der Waals surface area contributed by atoms with Gasteiger partial charge in [0.15, 0.2) is 0 Å². The van der Waals surface area contributed by atoms with Gasteiger partial charge < -0.3 is 10.5 Å². The highest BCUT2D eigenvalue weighted by atomic mass is 16.5. The largest absolute Gasteiger partial charge is 0.496 e. The van der Waals surface area contributed by atoms with E-state index in [1.165, 1.54) is 0 Å². The molecule has 0 radical (unpaired) electrons. The van der Waals surface area contributed by atoms with Crippen LogP contribution >= 0.6 is 0 Å². The molecule has 2 rings (SSSR count). The van der Waals surface area contributed by atoms with E-state index in [1.807, 2.05) is 31.3 Å². The van der Waals surface area contributed by atoms with Crippen molar-refractivity contribution in [2.45, 2.75) is 13.5 Å². The summed E-state index contributed by atoms with van der Waals surface area (Å²) in [4.78, 5) is 4.09. The molecule has 0 aliphatic rings. The van der Waals surface area contributed by atoms with Crippen LogP contribution in [-0.2, 0) is 6.54 Å². The molecular weight excluding hydrogens is 212 g/mol. The van der Waals surface area contributed by atoms with E-state index in [4.69, 9.17) is 10.5 Å². The Morgan fingerprint density at radius 3 is 2.76 bits per heavy atom. The molecule has 0 aliphatic carbocycles. The van der Waals surface area contributed by atoms with Gasteiger partial charge in [-0.05, 0) is 47.4 Å². The molecule has 2 N–H and O–H groups in total. The molecule has 1 aromatic heterocycles. The first-order valence-electron chi connectivity index (χ1n) is 5.54. The Balaban J connectivity index is 2.49. The van der Waals surface area contributed by atoms with Crippen LogP contribution in [0, 0.1) is 6.92 Å². The van der Waals surface area contributed by atoms with Crippen molar-refractivity contribution in [2.24, 2.45) is 5.73 Å². The summed E-state index contributed by atoms with van der Waals surface area (Å²) in [5.74, 6) is 0.900. The first-order valence-corrected chi connectivity index (χ1v) is 5.54. The van der Waals surface area contributed by atoms with Crippen LogP contribution in [0.5, 0.6) is 5.75 Å². The third-order valence-corrected chi connectivity index (χ3v) is 2.83. The smallest absolute Gasteiger partial charge is 0.121 e. The molecule has 2 aromatic rings. The summed E-state index contributed by atoms with van der Waals surface area (Å²) < 4.78 is 5.26. The Hall–Kier alpha value is -1.87. The fourth-order valence-electron chi connectivity index (χ4n) is 1.92. The third-order valence-electron chi connectivity index (χ3n) is 2.83. The van der Waals surface area contributed by atoms with E-state index < -0.39 is 0 Å². The predicted octanol–water partition coefficient (Wildman–Crippen LogP) is 2.52. The number of pyridine rings is 1. The molecule has 17 heavy (non-hydrogen) atoms. The molecule has 0 amide bonds. The molecule has 0 spiro atoms. The lowest BCUT2D eigenvalue weighted by Gasteiger charge is -2.10. The van der Waals surface area contributed by atoms with Gasteiger partial charge in [-0.15, -0.1) is 0 Å². The van der Waals surface area contributed by atoms with Gasteiger partial charge in [0.25, 0.3) is 0 Å². The number of aryl methyl sites for hydroxylation is 1. The zero-order valence-electron chi connectivity index (χ0n) is 10.1. The van der Waals surface area contributed by atoms with Gasteiger partial charge in [-0.1, -0.05) is 6.07 Å². The van der Waals surface area contributed by atoms with Crippen molar-refractivity contribution in [2.75, 3.05) is 7.11 Å². The molecule has 0 unspecified atom stereocenters. The van der Waals surface area contributed by atoms with Crippen LogP contribution in [0.4, 0.5) is 0 Å². The highest BCUT2D eigenvalue weighted by Crippen LogP contribution is 2.27. The van der Waals surface area contributed by atoms with E-state index in [1.54, 1.807) is 13.3 Å². The van der Waals surface area contributed by atoms with Gasteiger partial charge in [0.2, 0.25) is 0 Å². The number of rotatable bonds is 3. The summed E-state index contributed by atoms with van der Waals surface area (Å²) in [6.07, 6.45) is 3.60. The predicted molar refractivity (Wildman–Crippen MR) is 68.9 cm³/mol. The molecule has 0 bridgehead atoms. The standard InChI is InChI=1S/C14H16N2O/c1-10-7-11(3-4-14(10)17-2)13-5-6-16-9-12(13)8-15/h3-7,9H,8,15H2,1-2H3. The average Bonchev–Trinajstić information content (AvgIpc) is 2.38. The van der Waals surface area contributed by atoms with E-state index in [0.717, 1.165) is 28.0 Å². The van der Waals surface area contributed by atoms with Crippen molar-refractivity contribution < 1.29 is 4.74 Å². The molecule has 3 nitrogen and oxygen atoms in total. The number of hydrogen-bond acceptors (Lipinski definition) is 3. The van der Waals surface area contributed by atoms with Gasteiger partial charge in [-0.25, -0.2) is 0 Å². The van der Waals surface area contributed by atoms with Crippen molar-refractivity contribution in [3.8, 4) is 16.9 Å². The lowest BCUT2D eigenvalue weighted by atomic mass is 10.00. The van der Waals surface area contributed by atoms with Crippen LogP contribution in [0.15, 0.2) is 36.7 Å². The number of nitrogens with two attached hydrogens (primary N) is 1. The van der Waals surface area contributed by atoms with Gasteiger partial charge in [0.1, 0.15) is 5.75 Å². The number of ether oxygens (including phenoxy) is 1. The minimum atomic E-state index is 0.494. The normalized spacial score (nSPS) is 10.3. The fraction of sp³-hybridized carbons (Fsp3) is 0.214. The van der Waals surface area contributed by atoms with E-state index >= 15 is 0 Å². The molecule has 0 saturated heterocycles. The molecule has 1 aromatic carbocycles. The lowest BCUT2D eigenvalue weighted by molar-refractivity contribution is 0.412. The summed E-state index contributed by atoms with van der Waals surface area (Å²) in [7, 11) is 1.68. The summed E-state index contributed by atoms with van der Waals surface area (Å²) >= 11 is 0. The molecule has 0 fully saturated rings. The molecular formula is C14H16N2O.